The Bertz CT molecular complexity index is 1150. The number of aryl methyl sites for hydroxylation is 1. The Kier molecular flexibility index (Phi) is 5.62. The second kappa shape index (κ2) is 8.49. The molecule has 0 radical (unpaired) electrons. The van der Waals surface area contributed by atoms with Gasteiger partial charge >= 0.3 is 0 Å². The van der Waals surface area contributed by atoms with Crippen molar-refractivity contribution in [2.45, 2.75) is 24.4 Å². The first-order valence-electron chi connectivity index (χ1n) is 9.43. The third-order valence-corrected chi connectivity index (χ3v) is 5.80. The van der Waals surface area contributed by atoms with Gasteiger partial charge in [-0.3, -0.25) is 9.78 Å². The number of fused-ring (bicyclic) bond motifs is 1. The summed E-state index contributed by atoms with van der Waals surface area (Å²) in [4.78, 5) is 20.9. The molecule has 0 aliphatic rings. The highest BCUT2D eigenvalue weighted by molar-refractivity contribution is 7.98. The average Bonchev–Trinajstić information content (AvgIpc) is 3.10. The second-order valence-corrected chi connectivity index (χ2v) is 7.84. The summed E-state index contributed by atoms with van der Waals surface area (Å²) >= 11 is 1.73. The van der Waals surface area contributed by atoms with E-state index in [9.17, 15) is 4.79 Å². The van der Waals surface area contributed by atoms with Crippen LogP contribution in [0.3, 0.4) is 0 Å². The maximum Gasteiger partial charge on any atom is 0.251 e. The van der Waals surface area contributed by atoms with Crippen LogP contribution in [0.15, 0.2) is 72.1 Å². The topological polar surface area (TPSA) is 59.8 Å². The van der Waals surface area contributed by atoms with E-state index in [-0.39, 0.29) is 5.91 Å². The largest absolute Gasteiger partial charge is 0.355 e. The number of thioether (sulfide) groups is 1. The minimum atomic E-state index is -0.0803. The van der Waals surface area contributed by atoms with Crippen LogP contribution in [0.1, 0.15) is 27.0 Å². The SMILES string of the molecule is CNC(=O)c1ccc(Cn2c(SCc3cccc(C)c3)nc3ccncc32)cc1. The normalized spacial score (nSPS) is 11.0. The summed E-state index contributed by atoms with van der Waals surface area (Å²) < 4.78 is 2.19. The smallest absolute Gasteiger partial charge is 0.251 e. The maximum absolute atomic E-state index is 11.8. The number of carbonyl (C=O) groups is 1. The molecule has 146 valence electrons. The minimum absolute atomic E-state index is 0.0803. The molecule has 0 aliphatic carbocycles. The number of hydrogen-bond acceptors (Lipinski definition) is 4. The number of pyridine rings is 1. The highest BCUT2D eigenvalue weighted by atomic mass is 32.2. The summed E-state index contributed by atoms with van der Waals surface area (Å²) in [5, 5.41) is 3.61. The van der Waals surface area contributed by atoms with Gasteiger partial charge in [0, 0.05) is 24.6 Å². The van der Waals surface area contributed by atoms with Crippen molar-refractivity contribution < 1.29 is 4.79 Å². The van der Waals surface area contributed by atoms with Crippen molar-refractivity contribution >= 4 is 28.7 Å². The summed E-state index contributed by atoms with van der Waals surface area (Å²) in [6.45, 7) is 2.78. The molecular formula is C23H22N4OS. The van der Waals surface area contributed by atoms with Crippen LogP contribution in [-0.4, -0.2) is 27.5 Å². The third kappa shape index (κ3) is 4.32. The van der Waals surface area contributed by atoms with E-state index < -0.39 is 0 Å². The van der Waals surface area contributed by atoms with E-state index in [1.54, 1.807) is 25.0 Å². The monoisotopic (exact) mass is 402 g/mol. The van der Waals surface area contributed by atoms with Crippen molar-refractivity contribution in [2.75, 3.05) is 7.05 Å². The first-order chi connectivity index (χ1) is 14.1. The molecule has 5 nitrogen and oxygen atoms in total. The standard InChI is InChI=1S/C23H22N4OS/c1-16-4-3-5-18(12-16)15-29-23-26-20-10-11-25-13-21(20)27(23)14-17-6-8-19(9-7-17)22(28)24-2/h3-13H,14-15H2,1-2H3,(H,24,28). The van der Waals surface area contributed by atoms with E-state index in [4.69, 9.17) is 4.98 Å². The average molecular weight is 403 g/mol. The van der Waals surface area contributed by atoms with Gasteiger partial charge in [-0.15, -0.1) is 0 Å². The van der Waals surface area contributed by atoms with Crippen molar-refractivity contribution in [3.8, 4) is 0 Å². The van der Waals surface area contributed by atoms with Gasteiger partial charge in [-0.05, 0) is 36.2 Å². The molecule has 0 saturated heterocycles. The van der Waals surface area contributed by atoms with Crippen LogP contribution >= 0.6 is 11.8 Å². The van der Waals surface area contributed by atoms with Gasteiger partial charge in [-0.1, -0.05) is 53.7 Å². The number of amides is 1. The first kappa shape index (κ1) is 19.2. The van der Waals surface area contributed by atoms with Gasteiger partial charge < -0.3 is 9.88 Å². The summed E-state index contributed by atoms with van der Waals surface area (Å²) in [6, 6.07) is 18.2. The molecule has 0 aliphatic heterocycles. The summed E-state index contributed by atoms with van der Waals surface area (Å²) in [7, 11) is 1.64. The molecule has 0 fully saturated rings. The Morgan fingerprint density at radius 1 is 1.10 bits per heavy atom. The van der Waals surface area contributed by atoms with Crippen LogP contribution in [-0.2, 0) is 12.3 Å². The Morgan fingerprint density at radius 2 is 1.93 bits per heavy atom. The van der Waals surface area contributed by atoms with E-state index in [1.807, 2.05) is 36.5 Å². The molecule has 1 amide bonds. The lowest BCUT2D eigenvalue weighted by atomic mass is 10.1. The van der Waals surface area contributed by atoms with Crippen LogP contribution < -0.4 is 5.32 Å². The van der Waals surface area contributed by atoms with Gasteiger partial charge in [0.2, 0.25) is 0 Å². The number of carbonyl (C=O) groups excluding carboxylic acids is 1. The number of benzene rings is 2. The molecule has 29 heavy (non-hydrogen) atoms. The molecule has 4 rings (SSSR count). The molecule has 2 aromatic carbocycles. The minimum Gasteiger partial charge on any atom is -0.355 e. The van der Waals surface area contributed by atoms with E-state index in [0.29, 0.717) is 12.1 Å². The van der Waals surface area contributed by atoms with Gasteiger partial charge in [0.1, 0.15) is 0 Å². The van der Waals surface area contributed by atoms with Crippen LogP contribution in [0, 0.1) is 6.92 Å². The fourth-order valence-electron chi connectivity index (χ4n) is 3.25. The molecule has 0 saturated carbocycles. The van der Waals surface area contributed by atoms with E-state index in [2.05, 4.69) is 46.1 Å². The summed E-state index contributed by atoms with van der Waals surface area (Å²) in [5.74, 6) is 0.775. The van der Waals surface area contributed by atoms with Gasteiger partial charge in [0.05, 0.1) is 23.8 Å². The van der Waals surface area contributed by atoms with Gasteiger partial charge in [-0.25, -0.2) is 4.98 Å². The van der Waals surface area contributed by atoms with Crippen LogP contribution in [0.4, 0.5) is 0 Å². The number of nitrogens with one attached hydrogen (secondary N) is 1. The van der Waals surface area contributed by atoms with Crippen molar-refractivity contribution in [1.29, 1.82) is 0 Å². The number of nitrogens with zero attached hydrogens (tertiary/aromatic N) is 3. The molecule has 0 unspecified atom stereocenters. The number of imidazole rings is 1. The lowest BCUT2D eigenvalue weighted by Crippen LogP contribution is -2.17. The molecule has 2 heterocycles. The zero-order valence-electron chi connectivity index (χ0n) is 16.4. The van der Waals surface area contributed by atoms with E-state index in [1.165, 1.54) is 11.1 Å². The Labute approximate surface area is 174 Å². The molecule has 0 bridgehead atoms. The fraction of sp³-hybridized carbons (Fsp3) is 0.174. The molecule has 6 heteroatoms. The second-order valence-electron chi connectivity index (χ2n) is 6.90. The van der Waals surface area contributed by atoms with Gasteiger partial charge in [-0.2, -0.15) is 0 Å². The maximum atomic E-state index is 11.8. The molecule has 2 aromatic heterocycles. The zero-order valence-corrected chi connectivity index (χ0v) is 17.2. The Morgan fingerprint density at radius 3 is 2.69 bits per heavy atom. The fourth-order valence-corrected chi connectivity index (χ4v) is 4.21. The van der Waals surface area contributed by atoms with Gasteiger partial charge in [0.25, 0.3) is 5.91 Å². The first-order valence-corrected chi connectivity index (χ1v) is 10.4. The van der Waals surface area contributed by atoms with Crippen LogP contribution in [0.25, 0.3) is 11.0 Å². The highest BCUT2D eigenvalue weighted by Crippen LogP contribution is 2.27. The Balaban J connectivity index is 1.62. The number of aromatic nitrogens is 3. The predicted octanol–water partition coefficient (Wildman–Crippen LogP) is 4.44. The van der Waals surface area contributed by atoms with Crippen molar-refractivity contribution in [3.05, 3.63) is 89.2 Å². The number of hydrogen-bond donors (Lipinski definition) is 1. The Hall–Kier alpha value is -3.12. The number of rotatable bonds is 6. The predicted molar refractivity (Wildman–Crippen MR) is 117 cm³/mol. The van der Waals surface area contributed by atoms with Crippen LogP contribution in [0.2, 0.25) is 0 Å². The zero-order chi connectivity index (χ0) is 20.2. The highest BCUT2D eigenvalue weighted by Gasteiger charge is 2.13. The molecular weight excluding hydrogens is 380 g/mol. The van der Waals surface area contributed by atoms with Crippen molar-refractivity contribution in [1.82, 2.24) is 19.9 Å². The lowest BCUT2D eigenvalue weighted by molar-refractivity contribution is 0.0963. The summed E-state index contributed by atoms with van der Waals surface area (Å²) in [6.07, 6.45) is 3.63. The van der Waals surface area contributed by atoms with E-state index in [0.717, 1.165) is 27.5 Å². The van der Waals surface area contributed by atoms with Crippen molar-refractivity contribution in [2.24, 2.45) is 0 Å². The van der Waals surface area contributed by atoms with Crippen LogP contribution in [0.5, 0.6) is 0 Å². The molecule has 4 aromatic rings. The van der Waals surface area contributed by atoms with Gasteiger partial charge in [0.15, 0.2) is 5.16 Å². The van der Waals surface area contributed by atoms with Crippen molar-refractivity contribution in [3.63, 3.8) is 0 Å². The molecule has 0 atom stereocenters. The third-order valence-electron chi connectivity index (χ3n) is 4.75. The lowest BCUT2D eigenvalue weighted by Gasteiger charge is -2.10. The summed E-state index contributed by atoms with van der Waals surface area (Å²) in [5.41, 5.74) is 6.25. The molecule has 1 N–H and O–H groups in total. The quantitative estimate of drug-likeness (QED) is 0.485. The molecule has 0 spiro atoms. The van der Waals surface area contributed by atoms with E-state index >= 15 is 0 Å².